The Hall–Kier alpha value is -1.06. The number of imide groups is 1. The van der Waals surface area contributed by atoms with Crippen molar-refractivity contribution < 1.29 is 9.59 Å². The second-order valence-electron chi connectivity index (χ2n) is 2.98. The lowest BCUT2D eigenvalue weighted by molar-refractivity contribution is -0.136. The lowest BCUT2D eigenvalue weighted by Gasteiger charge is -2.12. The van der Waals surface area contributed by atoms with Crippen LogP contribution in [-0.2, 0) is 9.59 Å². The number of rotatable bonds is 3. The molecule has 2 amide bonds. The first-order valence-corrected chi connectivity index (χ1v) is 4.21. The number of carbonyl (C=O) groups is 2. The number of nitrogens with zero attached hydrogens (tertiary/aromatic N) is 1. The second-order valence-corrected chi connectivity index (χ2v) is 2.98. The van der Waals surface area contributed by atoms with E-state index in [1.807, 2.05) is 6.92 Å². The third-order valence-corrected chi connectivity index (χ3v) is 1.92. The summed E-state index contributed by atoms with van der Waals surface area (Å²) in [5.41, 5.74) is 0.552. The van der Waals surface area contributed by atoms with Crippen molar-refractivity contribution in [3.05, 3.63) is 11.5 Å². The molecule has 0 N–H and O–H groups in total. The molecule has 0 saturated heterocycles. The molecule has 12 heavy (non-hydrogen) atoms. The van der Waals surface area contributed by atoms with E-state index < -0.39 is 0 Å². The summed E-state index contributed by atoms with van der Waals surface area (Å²) in [5.74, 6) is -0.292. The van der Waals surface area contributed by atoms with E-state index in [9.17, 15) is 9.59 Å². The average molecular weight is 165 g/mol. The van der Waals surface area contributed by atoms with Crippen LogP contribution in [0.15, 0.2) is 11.5 Å². The molecule has 0 bridgehead atoms. The van der Waals surface area contributed by atoms with Crippen molar-refractivity contribution >= 4 is 19.7 Å². The summed E-state index contributed by atoms with van der Waals surface area (Å²) < 4.78 is 0. The SMILES string of the molecule is BC1=CC(=O)N(CCCC)C1=O. The van der Waals surface area contributed by atoms with Crippen molar-refractivity contribution in [3.63, 3.8) is 0 Å². The van der Waals surface area contributed by atoms with Crippen LogP contribution in [0.4, 0.5) is 0 Å². The monoisotopic (exact) mass is 165 g/mol. The van der Waals surface area contributed by atoms with E-state index in [1.165, 1.54) is 11.0 Å². The summed E-state index contributed by atoms with van der Waals surface area (Å²) in [6.07, 6.45) is 3.28. The number of hydrogen-bond donors (Lipinski definition) is 0. The first-order valence-electron chi connectivity index (χ1n) is 4.21. The van der Waals surface area contributed by atoms with Gasteiger partial charge in [-0.3, -0.25) is 14.5 Å². The van der Waals surface area contributed by atoms with E-state index in [1.54, 1.807) is 7.85 Å². The van der Waals surface area contributed by atoms with Crippen molar-refractivity contribution in [2.45, 2.75) is 19.8 Å². The predicted octanol–water partition coefficient (Wildman–Crippen LogP) is -0.328. The molecule has 0 aromatic rings. The molecule has 3 nitrogen and oxygen atoms in total. The Morgan fingerprint density at radius 2 is 2.17 bits per heavy atom. The van der Waals surface area contributed by atoms with Gasteiger partial charge in [-0.25, -0.2) is 0 Å². The lowest BCUT2D eigenvalue weighted by Crippen LogP contribution is -2.31. The average Bonchev–Trinajstić information content (AvgIpc) is 2.25. The van der Waals surface area contributed by atoms with E-state index in [0.717, 1.165) is 12.8 Å². The van der Waals surface area contributed by atoms with Crippen LogP contribution in [0.5, 0.6) is 0 Å². The van der Waals surface area contributed by atoms with Crippen LogP contribution in [0.1, 0.15) is 19.8 Å². The third kappa shape index (κ3) is 1.57. The van der Waals surface area contributed by atoms with Crippen molar-refractivity contribution in [2.24, 2.45) is 0 Å². The van der Waals surface area contributed by atoms with Crippen LogP contribution < -0.4 is 0 Å². The molecule has 64 valence electrons. The van der Waals surface area contributed by atoms with Crippen molar-refractivity contribution in [1.29, 1.82) is 0 Å². The van der Waals surface area contributed by atoms with Gasteiger partial charge in [-0.15, -0.1) is 0 Å². The molecule has 4 heteroatoms. The maximum atomic E-state index is 11.3. The van der Waals surface area contributed by atoms with Gasteiger partial charge in [-0.2, -0.15) is 0 Å². The van der Waals surface area contributed by atoms with Crippen LogP contribution in [0.2, 0.25) is 0 Å². The molecule has 0 aromatic heterocycles. The van der Waals surface area contributed by atoms with Gasteiger partial charge in [-0.05, 0) is 11.9 Å². The van der Waals surface area contributed by atoms with E-state index in [2.05, 4.69) is 0 Å². The van der Waals surface area contributed by atoms with Gasteiger partial charge < -0.3 is 0 Å². The highest BCUT2D eigenvalue weighted by atomic mass is 16.2. The molecule has 0 aliphatic carbocycles. The zero-order valence-corrected chi connectivity index (χ0v) is 7.46. The fourth-order valence-corrected chi connectivity index (χ4v) is 1.17. The Balaban J connectivity index is 2.58. The summed E-state index contributed by atoms with van der Waals surface area (Å²) >= 11 is 0. The van der Waals surface area contributed by atoms with Crippen LogP contribution in [-0.4, -0.2) is 31.1 Å². The Labute approximate surface area is 72.8 Å². The van der Waals surface area contributed by atoms with Gasteiger partial charge in [-0.1, -0.05) is 13.3 Å². The van der Waals surface area contributed by atoms with Crippen LogP contribution >= 0.6 is 0 Å². The van der Waals surface area contributed by atoms with Gasteiger partial charge >= 0.3 is 0 Å². The molecule has 0 unspecified atom stereocenters. The highest BCUT2D eigenvalue weighted by molar-refractivity contribution is 6.42. The summed E-state index contributed by atoms with van der Waals surface area (Å²) in [6, 6.07) is 0. The molecule has 0 saturated carbocycles. The smallest absolute Gasteiger partial charge is 0.253 e. The highest BCUT2D eigenvalue weighted by Gasteiger charge is 2.26. The maximum Gasteiger partial charge on any atom is 0.253 e. The zero-order chi connectivity index (χ0) is 9.14. The molecule has 1 rings (SSSR count). The van der Waals surface area contributed by atoms with Crippen LogP contribution in [0.25, 0.3) is 0 Å². The predicted molar refractivity (Wildman–Crippen MR) is 48.3 cm³/mol. The maximum absolute atomic E-state index is 11.3. The number of hydrogen-bond acceptors (Lipinski definition) is 2. The molecule has 1 heterocycles. The topological polar surface area (TPSA) is 37.4 Å². The first kappa shape index (κ1) is 9.04. The van der Waals surface area contributed by atoms with E-state index in [-0.39, 0.29) is 11.8 Å². The molecule has 0 spiro atoms. The van der Waals surface area contributed by atoms with Crippen LogP contribution in [0, 0.1) is 0 Å². The summed E-state index contributed by atoms with van der Waals surface area (Å²) in [6.45, 7) is 2.59. The molecule has 0 atom stereocenters. The summed E-state index contributed by atoms with van der Waals surface area (Å²) in [5, 5.41) is 0. The largest absolute Gasteiger partial charge is 0.276 e. The number of carbonyl (C=O) groups excluding carboxylic acids is 2. The first-order chi connectivity index (χ1) is 5.66. The van der Waals surface area contributed by atoms with Gasteiger partial charge in [0.1, 0.15) is 7.85 Å². The standard InChI is InChI=1S/C8H12BNO2/c1-2-3-4-10-7(11)5-6(9)8(10)12/h5H,2-4,9H2,1H3. The number of unbranched alkanes of at least 4 members (excludes halogenated alkanes) is 1. The van der Waals surface area contributed by atoms with Crippen LogP contribution in [0.3, 0.4) is 0 Å². The van der Waals surface area contributed by atoms with Gasteiger partial charge in [0.25, 0.3) is 5.91 Å². The molecule has 1 aliphatic heterocycles. The minimum absolute atomic E-state index is 0.131. The van der Waals surface area contributed by atoms with Crippen molar-refractivity contribution in [2.75, 3.05) is 6.54 Å². The van der Waals surface area contributed by atoms with E-state index in [0.29, 0.717) is 12.0 Å². The minimum atomic E-state index is -0.161. The van der Waals surface area contributed by atoms with Crippen molar-refractivity contribution in [3.8, 4) is 0 Å². The number of amides is 2. The Morgan fingerprint density at radius 3 is 2.58 bits per heavy atom. The fraction of sp³-hybridized carbons (Fsp3) is 0.500. The minimum Gasteiger partial charge on any atom is -0.276 e. The quantitative estimate of drug-likeness (QED) is 0.424. The van der Waals surface area contributed by atoms with Gasteiger partial charge in [0.15, 0.2) is 0 Å². The van der Waals surface area contributed by atoms with Crippen molar-refractivity contribution in [1.82, 2.24) is 4.90 Å². The Kier molecular flexibility index (Phi) is 2.68. The second kappa shape index (κ2) is 3.56. The van der Waals surface area contributed by atoms with Gasteiger partial charge in [0.2, 0.25) is 5.91 Å². The Bertz CT molecular complexity index is 247. The molecule has 1 aliphatic rings. The fourth-order valence-electron chi connectivity index (χ4n) is 1.17. The van der Waals surface area contributed by atoms with Gasteiger partial charge in [0, 0.05) is 12.6 Å². The molecule has 0 aromatic carbocycles. The van der Waals surface area contributed by atoms with E-state index in [4.69, 9.17) is 0 Å². The molecule has 0 fully saturated rings. The van der Waals surface area contributed by atoms with Gasteiger partial charge in [0.05, 0.1) is 0 Å². The van der Waals surface area contributed by atoms with E-state index >= 15 is 0 Å². The third-order valence-electron chi connectivity index (χ3n) is 1.92. The Morgan fingerprint density at radius 1 is 1.50 bits per heavy atom. The molecular weight excluding hydrogens is 153 g/mol. The lowest BCUT2D eigenvalue weighted by atomic mass is 9.96. The molecule has 0 radical (unpaired) electrons. The summed E-state index contributed by atoms with van der Waals surface area (Å²) in [4.78, 5) is 23.7. The highest BCUT2D eigenvalue weighted by Crippen LogP contribution is 2.10. The summed E-state index contributed by atoms with van der Waals surface area (Å²) in [7, 11) is 1.67. The zero-order valence-electron chi connectivity index (χ0n) is 7.46. The molecular formula is C8H12BNO2. The normalized spacial score (nSPS) is 17.1.